The van der Waals surface area contributed by atoms with Crippen LogP contribution in [0.4, 0.5) is 11.6 Å². The van der Waals surface area contributed by atoms with Crippen LogP contribution in [0.1, 0.15) is 51.5 Å². The Morgan fingerprint density at radius 2 is 2.10 bits per heavy atom. The Labute approximate surface area is 127 Å². The fraction of sp³-hybridized carbons (Fsp3) is 0.750. The Hall–Kier alpha value is -1.36. The van der Waals surface area contributed by atoms with E-state index in [4.69, 9.17) is 0 Å². The van der Waals surface area contributed by atoms with Crippen LogP contribution in [0, 0.1) is 0 Å². The summed E-state index contributed by atoms with van der Waals surface area (Å²) < 4.78 is 0. The highest BCUT2D eigenvalue weighted by atomic mass is 16.3. The first-order valence-electron chi connectivity index (χ1n) is 8.27. The van der Waals surface area contributed by atoms with Gasteiger partial charge in [0.1, 0.15) is 18.0 Å². The first-order chi connectivity index (χ1) is 10.3. The van der Waals surface area contributed by atoms with Gasteiger partial charge in [-0.25, -0.2) is 9.97 Å². The summed E-state index contributed by atoms with van der Waals surface area (Å²) in [5.41, 5.74) is 1.20. The molecule has 1 heterocycles. The molecule has 0 atom stereocenters. The molecule has 5 heteroatoms. The van der Waals surface area contributed by atoms with Crippen LogP contribution in [0.3, 0.4) is 0 Å². The monoisotopic (exact) mass is 292 g/mol. The van der Waals surface area contributed by atoms with Crippen LogP contribution in [0.2, 0.25) is 0 Å². The van der Waals surface area contributed by atoms with Crippen molar-refractivity contribution in [1.29, 1.82) is 0 Å². The molecule has 1 aliphatic rings. The third kappa shape index (κ3) is 3.84. The molecule has 2 N–H and O–H groups in total. The second-order valence-electron chi connectivity index (χ2n) is 5.70. The van der Waals surface area contributed by atoms with E-state index in [0.29, 0.717) is 12.6 Å². The van der Waals surface area contributed by atoms with E-state index in [-0.39, 0.29) is 6.61 Å². The lowest BCUT2D eigenvalue weighted by atomic mass is 9.91. The van der Waals surface area contributed by atoms with Gasteiger partial charge in [0.2, 0.25) is 0 Å². The average Bonchev–Trinajstić information content (AvgIpc) is 2.44. The zero-order valence-electron chi connectivity index (χ0n) is 13.3. The average molecular weight is 292 g/mol. The van der Waals surface area contributed by atoms with Gasteiger partial charge >= 0.3 is 0 Å². The zero-order valence-corrected chi connectivity index (χ0v) is 13.3. The summed E-state index contributed by atoms with van der Waals surface area (Å²) in [5, 5.41) is 12.8. The summed E-state index contributed by atoms with van der Waals surface area (Å²) in [6.07, 6.45) is 8.45. The van der Waals surface area contributed by atoms with E-state index in [1.54, 1.807) is 6.33 Å². The highest BCUT2D eigenvalue weighted by molar-refractivity contribution is 5.59. The standard InChI is InChI=1S/C16H28N4O/c1-3-6-14-15(17-9-4-2)18-12-19-16(14)20(10-11-21)13-7-5-8-13/h12-13,21H,3-11H2,1-2H3,(H,17,18,19). The van der Waals surface area contributed by atoms with E-state index >= 15 is 0 Å². The van der Waals surface area contributed by atoms with Crippen LogP contribution in [0.15, 0.2) is 6.33 Å². The van der Waals surface area contributed by atoms with Crippen molar-refractivity contribution >= 4 is 11.6 Å². The predicted octanol–water partition coefficient (Wildman–Crippen LogP) is 2.60. The summed E-state index contributed by atoms with van der Waals surface area (Å²) in [5.74, 6) is 1.98. The number of rotatable bonds is 9. The van der Waals surface area contributed by atoms with Crippen LogP contribution in [-0.4, -0.2) is 40.8 Å². The molecule has 0 aromatic carbocycles. The molecular weight excluding hydrogens is 264 g/mol. The number of aliphatic hydroxyl groups excluding tert-OH is 1. The highest BCUT2D eigenvalue weighted by Gasteiger charge is 2.28. The maximum Gasteiger partial charge on any atom is 0.137 e. The molecule has 1 fully saturated rings. The number of anilines is 2. The third-order valence-corrected chi connectivity index (χ3v) is 4.09. The lowest BCUT2D eigenvalue weighted by molar-refractivity contribution is 0.282. The van der Waals surface area contributed by atoms with Crippen molar-refractivity contribution in [2.45, 2.75) is 58.4 Å². The number of hydrogen-bond acceptors (Lipinski definition) is 5. The molecule has 0 unspecified atom stereocenters. The van der Waals surface area contributed by atoms with E-state index in [1.165, 1.54) is 24.8 Å². The Balaban J connectivity index is 2.29. The number of nitrogens with zero attached hydrogens (tertiary/aromatic N) is 3. The Bertz CT molecular complexity index is 434. The number of aromatic nitrogens is 2. The number of aliphatic hydroxyl groups is 1. The van der Waals surface area contributed by atoms with Crippen LogP contribution in [0.5, 0.6) is 0 Å². The summed E-state index contributed by atoms with van der Waals surface area (Å²) in [6, 6.07) is 0.529. The van der Waals surface area contributed by atoms with Crippen molar-refractivity contribution in [3.05, 3.63) is 11.9 Å². The summed E-state index contributed by atoms with van der Waals surface area (Å²) >= 11 is 0. The number of hydrogen-bond donors (Lipinski definition) is 2. The largest absolute Gasteiger partial charge is 0.395 e. The van der Waals surface area contributed by atoms with Crippen molar-refractivity contribution in [1.82, 2.24) is 9.97 Å². The minimum absolute atomic E-state index is 0.170. The van der Waals surface area contributed by atoms with Gasteiger partial charge in [-0.15, -0.1) is 0 Å². The van der Waals surface area contributed by atoms with Crippen LogP contribution in [0.25, 0.3) is 0 Å². The van der Waals surface area contributed by atoms with Gasteiger partial charge in [0, 0.05) is 24.7 Å². The van der Waals surface area contributed by atoms with Gasteiger partial charge in [-0.1, -0.05) is 20.3 Å². The topological polar surface area (TPSA) is 61.3 Å². The quantitative estimate of drug-likeness (QED) is 0.732. The Morgan fingerprint density at radius 3 is 2.67 bits per heavy atom. The summed E-state index contributed by atoms with van der Waals surface area (Å²) in [6.45, 7) is 6.09. The SMILES string of the molecule is CCCNc1ncnc(N(CCO)C2CCC2)c1CCC. The molecule has 5 nitrogen and oxygen atoms in total. The molecular formula is C16H28N4O. The highest BCUT2D eigenvalue weighted by Crippen LogP contribution is 2.32. The van der Waals surface area contributed by atoms with E-state index in [2.05, 4.69) is 34.0 Å². The summed E-state index contributed by atoms with van der Waals surface area (Å²) in [4.78, 5) is 11.3. The van der Waals surface area contributed by atoms with Gasteiger partial charge in [0.25, 0.3) is 0 Å². The van der Waals surface area contributed by atoms with Crippen molar-refractivity contribution in [2.75, 3.05) is 29.9 Å². The molecule has 0 saturated heterocycles. The minimum Gasteiger partial charge on any atom is -0.395 e. The van der Waals surface area contributed by atoms with Gasteiger partial charge in [-0.05, 0) is 32.1 Å². The maximum atomic E-state index is 9.40. The van der Waals surface area contributed by atoms with Crippen molar-refractivity contribution in [3.63, 3.8) is 0 Å². The molecule has 1 saturated carbocycles. The van der Waals surface area contributed by atoms with Gasteiger partial charge in [0.05, 0.1) is 6.61 Å². The normalized spacial score (nSPS) is 14.8. The lowest BCUT2D eigenvalue weighted by Crippen LogP contribution is -2.43. The van der Waals surface area contributed by atoms with Crippen molar-refractivity contribution in [2.24, 2.45) is 0 Å². The summed E-state index contributed by atoms with van der Waals surface area (Å²) in [7, 11) is 0. The molecule has 1 aliphatic carbocycles. The lowest BCUT2D eigenvalue weighted by Gasteiger charge is -2.39. The molecule has 21 heavy (non-hydrogen) atoms. The Kier molecular flexibility index (Phi) is 6.23. The van der Waals surface area contributed by atoms with Gasteiger partial charge in [-0.3, -0.25) is 0 Å². The predicted molar refractivity (Wildman–Crippen MR) is 86.9 cm³/mol. The first-order valence-corrected chi connectivity index (χ1v) is 8.27. The maximum absolute atomic E-state index is 9.40. The molecule has 0 radical (unpaired) electrons. The molecule has 0 spiro atoms. The smallest absolute Gasteiger partial charge is 0.137 e. The molecule has 2 rings (SSSR count). The van der Waals surface area contributed by atoms with Crippen LogP contribution < -0.4 is 10.2 Å². The van der Waals surface area contributed by atoms with Crippen molar-refractivity contribution < 1.29 is 5.11 Å². The minimum atomic E-state index is 0.170. The van der Waals surface area contributed by atoms with Crippen molar-refractivity contribution in [3.8, 4) is 0 Å². The van der Waals surface area contributed by atoms with E-state index in [0.717, 1.165) is 37.4 Å². The van der Waals surface area contributed by atoms with Gasteiger partial charge in [0.15, 0.2) is 0 Å². The fourth-order valence-electron chi connectivity index (χ4n) is 2.79. The zero-order chi connectivity index (χ0) is 15.1. The third-order valence-electron chi connectivity index (χ3n) is 4.09. The van der Waals surface area contributed by atoms with Gasteiger partial charge < -0.3 is 15.3 Å². The van der Waals surface area contributed by atoms with Crippen LogP contribution in [-0.2, 0) is 6.42 Å². The fourth-order valence-corrected chi connectivity index (χ4v) is 2.79. The molecule has 1 aromatic heterocycles. The number of nitrogens with one attached hydrogen (secondary N) is 1. The van der Waals surface area contributed by atoms with Gasteiger partial charge in [-0.2, -0.15) is 0 Å². The molecule has 0 amide bonds. The van der Waals surface area contributed by atoms with Crippen LogP contribution >= 0.6 is 0 Å². The molecule has 0 aliphatic heterocycles. The first kappa shape index (κ1) is 16.0. The second kappa shape index (κ2) is 8.17. The van der Waals surface area contributed by atoms with E-state index in [1.807, 2.05) is 0 Å². The molecule has 0 bridgehead atoms. The van der Waals surface area contributed by atoms with E-state index in [9.17, 15) is 5.11 Å². The molecule has 1 aromatic rings. The second-order valence-corrected chi connectivity index (χ2v) is 5.70. The Morgan fingerprint density at radius 1 is 1.29 bits per heavy atom. The van der Waals surface area contributed by atoms with E-state index < -0.39 is 0 Å². The molecule has 118 valence electrons.